The third-order valence-corrected chi connectivity index (χ3v) is 8.01. The van der Waals surface area contributed by atoms with Gasteiger partial charge in [0.25, 0.3) is 0 Å². The van der Waals surface area contributed by atoms with Crippen molar-refractivity contribution in [1.29, 1.82) is 0 Å². The zero-order valence-electron chi connectivity index (χ0n) is 18.8. The number of anilines is 1. The lowest BCUT2D eigenvalue weighted by atomic mass is 9.90. The molecule has 34 heavy (non-hydrogen) atoms. The fraction of sp³-hybridized carbons (Fsp3) is 0.625. The Labute approximate surface area is 198 Å². The van der Waals surface area contributed by atoms with Gasteiger partial charge in [0.15, 0.2) is 0 Å². The molecule has 6 rings (SSSR count). The molecule has 0 radical (unpaired) electrons. The number of carbonyl (C=O) groups excluding carboxylic acids is 1. The number of hydrogen-bond acceptors (Lipinski definition) is 6. The van der Waals surface area contributed by atoms with Gasteiger partial charge in [0.05, 0.1) is 30.4 Å². The van der Waals surface area contributed by atoms with E-state index < -0.39 is 11.7 Å². The molecule has 10 heteroatoms. The molecule has 4 unspecified atom stereocenters. The average Bonchev–Trinajstić information content (AvgIpc) is 3.53. The number of carbonyl (C=O) groups is 1. The molecule has 4 atom stereocenters. The van der Waals surface area contributed by atoms with Crippen LogP contribution in [0, 0.1) is 17.3 Å². The highest BCUT2D eigenvalue weighted by Crippen LogP contribution is 2.57. The maximum absolute atomic E-state index is 13.5. The van der Waals surface area contributed by atoms with Gasteiger partial charge < -0.3 is 20.3 Å². The highest BCUT2D eigenvalue weighted by Gasteiger charge is 2.58. The quantitative estimate of drug-likeness (QED) is 0.704. The van der Waals surface area contributed by atoms with Gasteiger partial charge in [0.2, 0.25) is 5.91 Å². The molecule has 4 aliphatic rings. The summed E-state index contributed by atoms with van der Waals surface area (Å²) in [6.07, 6.45) is 1.86. The van der Waals surface area contributed by atoms with Crippen LogP contribution in [0.15, 0.2) is 24.5 Å². The zero-order valence-corrected chi connectivity index (χ0v) is 18.8. The van der Waals surface area contributed by atoms with E-state index >= 15 is 0 Å². The fourth-order valence-electron chi connectivity index (χ4n) is 6.10. The summed E-state index contributed by atoms with van der Waals surface area (Å²) in [6, 6.07) is 2.93. The Kier molecular flexibility index (Phi) is 5.22. The van der Waals surface area contributed by atoms with Crippen LogP contribution < -0.4 is 15.5 Å². The van der Waals surface area contributed by atoms with Gasteiger partial charge in [-0.3, -0.25) is 14.8 Å². The van der Waals surface area contributed by atoms with Gasteiger partial charge in [-0.15, -0.1) is 0 Å². The van der Waals surface area contributed by atoms with E-state index in [4.69, 9.17) is 4.74 Å². The van der Waals surface area contributed by atoms with Gasteiger partial charge in [0.1, 0.15) is 11.0 Å². The van der Waals surface area contributed by atoms with Crippen LogP contribution in [0.1, 0.15) is 34.1 Å². The van der Waals surface area contributed by atoms with Crippen molar-refractivity contribution >= 4 is 22.6 Å². The van der Waals surface area contributed by atoms with Crippen LogP contribution in [-0.4, -0.2) is 60.8 Å². The number of alkyl halides is 3. The van der Waals surface area contributed by atoms with Crippen LogP contribution >= 0.6 is 0 Å². The van der Waals surface area contributed by atoms with Crippen molar-refractivity contribution in [3.63, 3.8) is 0 Å². The zero-order chi connectivity index (χ0) is 23.5. The third kappa shape index (κ3) is 3.90. The number of rotatable bonds is 3. The van der Waals surface area contributed by atoms with Gasteiger partial charge in [0, 0.05) is 52.4 Å². The van der Waals surface area contributed by atoms with E-state index in [-0.39, 0.29) is 43.2 Å². The van der Waals surface area contributed by atoms with Gasteiger partial charge in [-0.25, -0.2) is 0 Å². The minimum Gasteiger partial charge on any atom is -0.379 e. The molecule has 1 spiro atoms. The number of amides is 1. The van der Waals surface area contributed by atoms with Crippen LogP contribution in [-0.2, 0) is 15.7 Å². The van der Waals surface area contributed by atoms with E-state index in [1.54, 1.807) is 0 Å². The fourth-order valence-corrected chi connectivity index (χ4v) is 6.10. The number of hydrogen-bond donors (Lipinski definition) is 2. The van der Waals surface area contributed by atoms with Crippen molar-refractivity contribution in [2.45, 2.75) is 43.9 Å². The molecule has 186 valence electrons. The summed E-state index contributed by atoms with van der Waals surface area (Å²) in [7, 11) is 0. The maximum Gasteiger partial charge on any atom is 0.418 e. The smallest absolute Gasteiger partial charge is 0.379 e. The Morgan fingerprint density at radius 1 is 1.18 bits per heavy atom. The minimum absolute atomic E-state index is 0. The Bertz CT molecular complexity index is 1100. The summed E-state index contributed by atoms with van der Waals surface area (Å²) in [5, 5.41) is 6.85. The SMILES string of the molecule is O=C(NC1CC2CNC(COC2)C1)C1CN(c2ccc(C(F)(F)F)c3nccnc23)CC12CC2.[HH].[HH]. The molecule has 1 amide bonds. The van der Waals surface area contributed by atoms with Gasteiger partial charge in [-0.2, -0.15) is 13.2 Å². The van der Waals surface area contributed by atoms with Crippen molar-refractivity contribution in [3.05, 3.63) is 30.1 Å². The van der Waals surface area contributed by atoms with Gasteiger partial charge in [-0.1, -0.05) is 0 Å². The van der Waals surface area contributed by atoms with Crippen molar-refractivity contribution in [3.8, 4) is 0 Å². The second kappa shape index (κ2) is 8.05. The first-order valence-electron chi connectivity index (χ1n) is 12.0. The number of fused-ring (bicyclic) bond motifs is 4. The molecule has 1 aromatic carbocycles. The molecule has 1 aromatic heterocycles. The molecule has 3 aliphatic heterocycles. The van der Waals surface area contributed by atoms with Crippen molar-refractivity contribution in [2.75, 3.05) is 37.7 Å². The van der Waals surface area contributed by atoms with Crippen LogP contribution in [0.2, 0.25) is 0 Å². The maximum atomic E-state index is 13.5. The van der Waals surface area contributed by atoms with E-state index in [1.165, 1.54) is 18.5 Å². The van der Waals surface area contributed by atoms with Gasteiger partial charge in [-0.05, 0) is 43.7 Å². The average molecular weight is 480 g/mol. The first-order chi connectivity index (χ1) is 16.3. The van der Waals surface area contributed by atoms with E-state index in [0.29, 0.717) is 31.3 Å². The molecular weight excluding hydrogens is 447 g/mol. The lowest BCUT2D eigenvalue weighted by Crippen LogP contribution is -2.45. The molecule has 4 heterocycles. The summed E-state index contributed by atoms with van der Waals surface area (Å²) in [6.45, 7) is 3.43. The lowest BCUT2D eigenvalue weighted by Gasteiger charge is -2.27. The first-order valence-corrected chi connectivity index (χ1v) is 12.0. The lowest BCUT2D eigenvalue weighted by molar-refractivity contribution is -0.136. The topological polar surface area (TPSA) is 79.4 Å². The Balaban J connectivity index is 0.00000152. The van der Waals surface area contributed by atoms with Crippen molar-refractivity contribution in [2.24, 2.45) is 17.3 Å². The van der Waals surface area contributed by atoms with E-state index in [1.807, 2.05) is 4.90 Å². The van der Waals surface area contributed by atoms with Crippen LogP contribution in [0.25, 0.3) is 11.0 Å². The number of benzene rings is 1. The second-order valence-corrected chi connectivity index (χ2v) is 10.4. The summed E-state index contributed by atoms with van der Waals surface area (Å²) in [4.78, 5) is 23.7. The largest absolute Gasteiger partial charge is 0.418 e. The first kappa shape index (κ1) is 22.0. The summed E-state index contributed by atoms with van der Waals surface area (Å²) in [5.41, 5.74) is -0.196. The number of nitrogens with zero attached hydrogens (tertiary/aromatic N) is 3. The summed E-state index contributed by atoms with van der Waals surface area (Å²) < 4.78 is 46.3. The predicted molar refractivity (Wildman–Crippen MR) is 123 cm³/mol. The second-order valence-electron chi connectivity index (χ2n) is 10.4. The number of halogens is 3. The number of ether oxygens (including phenoxy) is 1. The van der Waals surface area contributed by atoms with E-state index in [9.17, 15) is 18.0 Å². The molecule has 2 N–H and O–H groups in total. The monoisotopic (exact) mass is 479 g/mol. The van der Waals surface area contributed by atoms with Crippen LogP contribution in [0.4, 0.5) is 18.9 Å². The van der Waals surface area contributed by atoms with E-state index in [2.05, 4.69) is 20.6 Å². The normalized spacial score (nSPS) is 30.4. The molecular formula is C24H32F3N5O2. The molecule has 4 fully saturated rings. The van der Waals surface area contributed by atoms with E-state index in [0.717, 1.165) is 44.9 Å². The molecule has 1 saturated carbocycles. The molecule has 1 aliphatic carbocycles. The van der Waals surface area contributed by atoms with Crippen molar-refractivity contribution in [1.82, 2.24) is 20.6 Å². The minimum atomic E-state index is -4.51. The van der Waals surface area contributed by atoms with Crippen LogP contribution in [0.5, 0.6) is 0 Å². The molecule has 7 nitrogen and oxygen atoms in total. The Morgan fingerprint density at radius 2 is 1.97 bits per heavy atom. The molecule has 3 saturated heterocycles. The third-order valence-electron chi connectivity index (χ3n) is 8.01. The highest BCUT2D eigenvalue weighted by molar-refractivity contribution is 5.92. The molecule has 2 aromatic rings. The predicted octanol–water partition coefficient (Wildman–Crippen LogP) is 3.24. The summed E-state index contributed by atoms with van der Waals surface area (Å²) in [5.74, 6) is 0.270. The number of nitrogens with one attached hydrogen (secondary N) is 2. The molecule has 2 bridgehead atoms. The Hall–Kier alpha value is -2.46. The summed E-state index contributed by atoms with van der Waals surface area (Å²) >= 11 is 0. The van der Waals surface area contributed by atoms with Crippen molar-refractivity contribution < 1.29 is 25.6 Å². The Morgan fingerprint density at radius 3 is 2.74 bits per heavy atom. The van der Waals surface area contributed by atoms with Crippen LogP contribution in [0.3, 0.4) is 0 Å². The standard InChI is InChI=1S/C24H28F3N5O2.2H2/c25-24(26,27)17-1-2-19(21-20(17)28-5-6-29-21)32-10-18(23(13-32)3-4-23)22(33)31-15-7-14-9-30-16(8-15)12-34-11-14;;/h1-2,5-6,14-16,18,30H,3-4,7-13H2,(H,31,33);2*1H. The number of aromatic nitrogens is 2. The highest BCUT2D eigenvalue weighted by atomic mass is 19.4. The van der Waals surface area contributed by atoms with Gasteiger partial charge >= 0.3 is 6.18 Å².